The molecule has 2 rings (SSSR count). The second kappa shape index (κ2) is 4.02. The largest absolute Gasteiger partial charge is 0.428 e. The van der Waals surface area contributed by atoms with Gasteiger partial charge in [0.15, 0.2) is 0 Å². The van der Waals surface area contributed by atoms with Crippen molar-refractivity contribution in [1.82, 2.24) is 0 Å². The molecule has 0 spiro atoms. The van der Waals surface area contributed by atoms with E-state index in [0.29, 0.717) is 5.76 Å². The quantitative estimate of drug-likeness (QED) is 0.744. The van der Waals surface area contributed by atoms with Gasteiger partial charge in [0, 0.05) is 30.9 Å². The summed E-state index contributed by atoms with van der Waals surface area (Å²) in [6.45, 7) is 3.41. The van der Waals surface area contributed by atoms with E-state index in [-0.39, 0.29) is 24.1 Å². The van der Waals surface area contributed by atoms with E-state index < -0.39 is 0 Å². The highest BCUT2D eigenvalue weighted by atomic mass is 35.5. The Hall–Kier alpha value is -1.00. The van der Waals surface area contributed by atoms with Crippen LogP contribution in [-0.2, 0) is 0 Å². The van der Waals surface area contributed by atoms with E-state index in [0.717, 1.165) is 18.8 Å². The van der Waals surface area contributed by atoms with Crippen LogP contribution in [0.5, 0.6) is 0 Å². The van der Waals surface area contributed by atoms with E-state index in [4.69, 9.17) is 10.2 Å². The average molecular weight is 217 g/mol. The highest BCUT2D eigenvalue weighted by Crippen LogP contribution is 2.18. The first-order valence-electron chi connectivity index (χ1n) is 4.27. The number of hydrogen-bond donors (Lipinski definition) is 1. The van der Waals surface area contributed by atoms with Gasteiger partial charge >= 0.3 is 5.63 Å². The Morgan fingerprint density at radius 1 is 1.50 bits per heavy atom. The fourth-order valence-electron chi connectivity index (χ4n) is 1.49. The molecule has 1 aliphatic heterocycles. The fourth-order valence-corrected chi connectivity index (χ4v) is 1.49. The standard InChI is InChI=1S/C9H12N2O2.ClH/c1-6-2-8(3-9(12)13-6)11-4-7(10)5-11;/h2-3,7H,4-5,10H2,1H3;1H. The van der Waals surface area contributed by atoms with Crippen molar-refractivity contribution in [3.8, 4) is 0 Å². The van der Waals surface area contributed by atoms with Crippen molar-refractivity contribution in [1.29, 1.82) is 0 Å². The Labute approximate surface area is 88.1 Å². The molecule has 1 aromatic rings. The minimum Gasteiger partial charge on any atom is -0.428 e. The van der Waals surface area contributed by atoms with Gasteiger partial charge in [0.2, 0.25) is 0 Å². The molecule has 0 atom stereocenters. The van der Waals surface area contributed by atoms with Gasteiger partial charge in [-0.3, -0.25) is 0 Å². The first kappa shape index (κ1) is 11.1. The Morgan fingerprint density at radius 3 is 2.64 bits per heavy atom. The monoisotopic (exact) mass is 216 g/mol. The molecule has 0 aliphatic carbocycles. The molecule has 1 saturated heterocycles. The van der Waals surface area contributed by atoms with Crippen molar-refractivity contribution in [2.45, 2.75) is 13.0 Å². The van der Waals surface area contributed by atoms with Crippen molar-refractivity contribution >= 4 is 18.1 Å². The van der Waals surface area contributed by atoms with Crippen LogP contribution in [0.15, 0.2) is 21.3 Å². The van der Waals surface area contributed by atoms with E-state index in [1.807, 2.05) is 6.07 Å². The lowest BCUT2D eigenvalue weighted by Crippen LogP contribution is -2.56. The second-order valence-electron chi connectivity index (χ2n) is 3.41. The third-order valence-corrected chi connectivity index (χ3v) is 2.15. The molecule has 0 unspecified atom stereocenters. The van der Waals surface area contributed by atoms with Crippen molar-refractivity contribution in [2.75, 3.05) is 18.0 Å². The Morgan fingerprint density at radius 2 is 2.14 bits per heavy atom. The zero-order chi connectivity index (χ0) is 9.42. The summed E-state index contributed by atoms with van der Waals surface area (Å²) < 4.78 is 4.85. The van der Waals surface area contributed by atoms with Crippen LogP contribution in [-0.4, -0.2) is 19.1 Å². The van der Waals surface area contributed by atoms with E-state index in [2.05, 4.69) is 4.90 Å². The molecule has 2 heterocycles. The van der Waals surface area contributed by atoms with Crippen molar-refractivity contribution in [2.24, 2.45) is 5.73 Å². The zero-order valence-electron chi connectivity index (χ0n) is 7.90. The average Bonchev–Trinajstić information content (AvgIpc) is 1.96. The smallest absolute Gasteiger partial charge is 0.337 e. The molecule has 1 aliphatic rings. The maximum atomic E-state index is 11.0. The highest BCUT2D eigenvalue weighted by molar-refractivity contribution is 5.85. The maximum Gasteiger partial charge on any atom is 0.337 e. The molecule has 0 saturated carbocycles. The van der Waals surface area contributed by atoms with Crippen LogP contribution in [0.4, 0.5) is 5.69 Å². The molecule has 5 heteroatoms. The number of hydrogen-bond acceptors (Lipinski definition) is 4. The lowest BCUT2D eigenvalue weighted by Gasteiger charge is -2.38. The van der Waals surface area contributed by atoms with Crippen LogP contribution in [0.25, 0.3) is 0 Å². The number of rotatable bonds is 1. The molecule has 2 N–H and O–H groups in total. The second-order valence-corrected chi connectivity index (χ2v) is 3.41. The number of nitrogens with zero attached hydrogens (tertiary/aromatic N) is 1. The SMILES string of the molecule is Cc1cc(N2CC(N)C2)cc(=O)o1.Cl. The lowest BCUT2D eigenvalue weighted by atomic mass is 10.1. The predicted molar refractivity (Wildman–Crippen MR) is 57.2 cm³/mol. The highest BCUT2D eigenvalue weighted by Gasteiger charge is 2.23. The van der Waals surface area contributed by atoms with E-state index in [1.165, 1.54) is 6.07 Å². The van der Waals surface area contributed by atoms with Crippen LogP contribution in [0.2, 0.25) is 0 Å². The van der Waals surface area contributed by atoms with Crippen LogP contribution >= 0.6 is 12.4 Å². The normalized spacial score (nSPS) is 16.0. The van der Waals surface area contributed by atoms with E-state index >= 15 is 0 Å². The first-order valence-corrected chi connectivity index (χ1v) is 4.27. The summed E-state index contributed by atoms with van der Waals surface area (Å²) in [6, 6.07) is 3.60. The number of anilines is 1. The summed E-state index contributed by atoms with van der Waals surface area (Å²) in [6.07, 6.45) is 0. The van der Waals surface area contributed by atoms with Gasteiger partial charge < -0.3 is 15.1 Å². The van der Waals surface area contributed by atoms with Gasteiger partial charge in [-0.25, -0.2) is 4.79 Å². The van der Waals surface area contributed by atoms with Gasteiger partial charge in [-0.05, 0) is 13.0 Å². The summed E-state index contributed by atoms with van der Waals surface area (Å²) in [5.41, 5.74) is 6.26. The molecule has 0 bridgehead atoms. The van der Waals surface area contributed by atoms with Gasteiger partial charge in [0.1, 0.15) is 5.76 Å². The molecule has 14 heavy (non-hydrogen) atoms. The summed E-state index contributed by atoms with van der Waals surface area (Å²) >= 11 is 0. The van der Waals surface area contributed by atoms with Crippen molar-refractivity contribution < 1.29 is 4.42 Å². The predicted octanol–water partition coefficient (Wildman–Crippen LogP) is 0.517. The van der Waals surface area contributed by atoms with E-state index in [9.17, 15) is 4.79 Å². The Bertz CT molecular complexity index is 371. The zero-order valence-corrected chi connectivity index (χ0v) is 8.71. The van der Waals surface area contributed by atoms with Crippen LogP contribution in [0, 0.1) is 6.92 Å². The van der Waals surface area contributed by atoms with Gasteiger partial charge in [-0.15, -0.1) is 12.4 Å². The minimum absolute atomic E-state index is 0. The topological polar surface area (TPSA) is 59.5 Å². The molecule has 0 amide bonds. The summed E-state index contributed by atoms with van der Waals surface area (Å²) in [4.78, 5) is 13.1. The van der Waals surface area contributed by atoms with Crippen molar-refractivity contribution in [3.63, 3.8) is 0 Å². The Balaban J connectivity index is 0.000000980. The van der Waals surface area contributed by atoms with Gasteiger partial charge in [-0.1, -0.05) is 0 Å². The third kappa shape index (κ3) is 2.08. The molecule has 1 fully saturated rings. The van der Waals surface area contributed by atoms with Crippen LogP contribution in [0.3, 0.4) is 0 Å². The van der Waals surface area contributed by atoms with Crippen LogP contribution < -0.4 is 16.3 Å². The van der Waals surface area contributed by atoms with Crippen LogP contribution in [0.1, 0.15) is 5.76 Å². The number of nitrogens with two attached hydrogens (primary N) is 1. The molecular weight excluding hydrogens is 204 g/mol. The molecular formula is C9H13ClN2O2. The fraction of sp³-hybridized carbons (Fsp3) is 0.444. The van der Waals surface area contributed by atoms with Gasteiger partial charge in [-0.2, -0.15) is 0 Å². The third-order valence-electron chi connectivity index (χ3n) is 2.15. The summed E-state index contributed by atoms with van der Waals surface area (Å²) in [7, 11) is 0. The number of aryl methyl sites for hydroxylation is 1. The molecule has 4 nitrogen and oxygen atoms in total. The lowest BCUT2D eigenvalue weighted by molar-refractivity contribution is 0.472. The van der Waals surface area contributed by atoms with Gasteiger partial charge in [0.05, 0.1) is 0 Å². The number of halogens is 1. The summed E-state index contributed by atoms with van der Waals surface area (Å²) in [5, 5.41) is 0. The van der Waals surface area contributed by atoms with Gasteiger partial charge in [0.25, 0.3) is 0 Å². The Kier molecular flexibility index (Phi) is 3.18. The first-order chi connectivity index (χ1) is 6.15. The van der Waals surface area contributed by atoms with E-state index in [1.54, 1.807) is 6.92 Å². The molecule has 0 radical (unpaired) electrons. The maximum absolute atomic E-state index is 11.0. The van der Waals surface area contributed by atoms with Crippen molar-refractivity contribution in [3.05, 3.63) is 28.3 Å². The molecule has 1 aromatic heterocycles. The molecule has 0 aromatic carbocycles. The molecule has 78 valence electrons. The minimum atomic E-state index is -0.296. The summed E-state index contributed by atoms with van der Waals surface area (Å²) in [5.74, 6) is 0.642.